The number of amides is 1. The van der Waals surface area contributed by atoms with Crippen LogP contribution in [0.15, 0.2) is 72.8 Å². The third kappa shape index (κ3) is 4.90. The zero-order valence-electron chi connectivity index (χ0n) is 20.0. The number of piperazine rings is 1. The van der Waals surface area contributed by atoms with Crippen LogP contribution in [0.5, 0.6) is 0 Å². The molecular formula is C29H29F3N2O2. The van der Waals surface area contributed by atoms with Crippen molar-refractivity contribution in [3.05, 3.63) is 107 Å². The van der Waals surface area contributed by atoms with E-state index >= 15 is 0 Å². The lowest BCUT2D eigenvalue weighted by Gasteiger charge is -2.44. The number of halogens is 3. The molecule has 7 heteroatoms. The molecule has 0 aromatic heterocycles. The average molecular weight is 495 g/mol. The van der Waals surface area contributed by atoms with Crippen LogP contribution in [0.4, 0.5) is 13.2 Å². The maximum absolute atomic E-state index is 14.1. The van der Waals surface area contributed by atoms with E-state index in [0.717, 1.165) is 11.1 Å². The molecule has 0 radical (unpaired) electrons. The molecule has 0 unspecified atom stereocenters. The number of benzene rings is 3. The van der Waals surface area contributed by atoms with E-state index in [2.05, 4.69) is 4.90 Å². The summed E-state index contributed by atoms with van der Waals surface area (Å²) in [5, 5.41) is 0. The third-order valence-corrected chi connectivity index (χ3v) is 7.47. The molecule has 2 saturated heterocycles. The Hall–Kier alpha value is -3.16. The first-order chi connectivity index (χ1) is 17.5. The Morgan fingerprint density at radius 1 is 0.750 bits per heavy atom. The third-order valence-electron chi connectivity index (χ3n) is 7.47. The number of rotatable bonds is 5. The van der Waals surface area contributed by atoms with Gasteiger partial charge in [-0.2, -0.15) is 0 Å². The van der Waals surface area contributed by atoms with Crippen LogP contribution < -0.4 is 0 Å². The van der Waals surface area contributed by atoms with Gasteiger partial charge in [-0.1, -0.05) is 36.4 Å². The molecule has 0 saturated carbocycles. The molecule has 0 bridgehead atoms. The second-order valence-electron chi connectivity index (χ2n) is 9.54. The summed E-state index contributed by atoms with van der Waals surface area (Å²) < 4.78 is 46.9. The first-order valence-electron chi connectivity index (χ1n) is 12.3. The summed E-state index contributed by atoms with van der Waals surface area (Å²) in [4.78, 5) is 18.0. The van der Waals surface area contributed by atoms with Crippen molar-refractivity contribution in [3.8, 4) is 0 Å². The van der Waals surface area contributed by atoms with Gasteiger partial charge in [0, 0.05) is 39.4 Å². The highest BCUT2D eigenvalue weighted by Gasteiger charge is 2.45. The molecule has 188 valence electrons. The molecule has 1 amide bonds. The predicted molar refractivity (Wildman–Crippen MR) is 131 cm³/mol. The summed E-state index contributed by atoms with van der Waals surface area (Å²) in [6.07, 6.45) is 1.03. The molecule has 2 heterocycles. The van der Waals surface area contributed by atoms with Gasteiger partial charge in [0.25, 0.3) is 0 Å². The van der Waals surface area contributed by atoms with Crippen LogP contribution in [0.25, 0.3) is 0 Å². The molecule has 3 aromatic carbocycles. The van der Waals surface area contributed by atoms with E-state index in [1.165, 1.54) is 36.4 Å². The summed E-state index contributed by atoms with van der Waals surface area (Å²) in [7, 11) is 0. The summed E-state index contributed by atoms with van der Waals surface area (Å²) in [6, 6.07) is 18.9. The molecule has 2 fully saturated rings. The van der Waals surface area contributed by atoms with Crippen molar-refractivity contribution in [2.45, 2.75) is 24.3 Å². The smallest absolute Gasteiger partial charge is 0.233 e. The minimum absolute atomic E-state index is 0.0103. The fraction of sp³-hybridized carbons (Fsp3) is 0.345. The van der Waals surface area contributed by atoms with Gasteiger partial charge < -0.3 is 9.64 Å². The lowest BCUT2D eigenvalue weighted by Crippen LogP contribution is -2.56. The van der Waals surface area contributed by atoms with Gasteiger partial charge in [-0.3, -0.25) is 9.69 Å². The summed E-state index contributed by atoms with van der Waals surface area (Å²) in [6.45, 7) is 3.13. The molecule has 0 aliphatic carbocycles. The van der Waals surface area contributed by atoms with Gasteiger partial charge in [0.05, 0.1) is 11.5 Å². The van der Waals surface area contributed by atoms with Crippen LogP contribution in [-0.4, -0.2) is 55.1 Å². The van der Waals surface area contributed by atoms with Crippen molar-refractivity contribution in [2.75, 3.05) is 39.4 Å². The van der Waals surface area contributed by atoms with Crippen molar-refractivity contribution in [1.29, 1.82) is 0 Å². The quantitative estimate of drug-likeness (QED) is 0.496. The fourth-order valence-corrected chi connectivity index (χ4v) is 5.52. The largest absolute Gasteiger partial charge is 0.381 e. The van der Waals surface area contributed by atoms with Crippen LogP contribution in [0, 0.1) is 17.5 Å². The van der Waals surface area contributed by atoms with Crippen molar-refractivity contribution in [1.82, 2.24) is 9.80 Å². The summed E-state index contributed by atoms with van der Waals surface area (Å²) >= 11 is 0. The van der Waals surface area contributed by atoms with Crippen molar-refractivity contribution < 1.29 is 22.7 Å². The van der Waals surface area contributed by atoms with Gasteiger partial charge in [0.1, 0.15) is 17.5 Å². The summed E-state index contributed by atoms with van der Waals surface area (Å²) in [5.41, 5.74) is 1.72. The zero-order valence-corrected chi connectivity index (χ0v) is 20.0. The van der Waals surface area contributed by atoms with E-state index in [4.69, 9.17) is 4.74 Å². The minimum atomic E-state index is -0.796. The van der Waals surface area contributed by atoms with Gasteiger partial charge in [0.15, 0.2) is 0 Å². The van der Waals surface area contributed by atoms with Crippen molar-refractivity contribution in [3.63, 3.8) is 0 Å². The molecule has 36 heavy (non-hydrogen) atoms. The normalized spacial score (nSPS) is 18.4. The van der Waals surface area contributed by atoms with Crippen molar-refractivity contribution in [2.24, 2.45) is 0 Å². The Morgan fingerprint density at radius 2 is 1.31 bits per heavy atom. The van der Waals surface area contributed by atoms with Crippen LogP contribution in [-0.2, 0) is 14.9 Å². The molecule has 5 rings (SSSR count). The van der Waals surface area contributed by atoms with E-state index in [1.807, 2.05) is 11.0 Å². The Bertz CT molecular complexity index is 1140. The maximum Gasteiger partial charge on any atom is 0.233 e. The molecule has 4 nitrogen and oxygen atoms in total. The highest BCUT2D eigenvalue weighted by molar-refractivity contribution is 5.88. The van der Waals surface area contributed by atoms with E-state index < -0.39 is 5.41 Å². The van der Waals surface area contributed by atoms with Gasteiger partial charge in [-0.15, -0.1) is 0 Å². The topological polar surface area (TPSA) is 32.8 Å². The molecule has 0 N–H and O–H groups in total. The van der Waals surface area contributed by atoms with E-state index in [-0.39, 0.29) is 29.4 Å². The van der Waals surface area contributed by atoms with E-state index in [1.54, 1.807) is 30.3 Å². The van der Waals surface area contributed by atoms with Crippen LogP contribution in [0.1, 0.15) is 35.6 Å². The minimum Gasteiger partial charge on any atom is -0.381 e. The number of hydrogen-bond donors (Lipinski definition) is 0. The Labute approximate surface area is 209 Å². The van der Waals surface area contributed by atoms with Gasteiger partial charge in [-0.05, 0) is 65.9 Å². The molecule has 2 aliphatic heterocycles. The maximum atomic E-state index is 14.1. The standard InChI is InChI=1S/C29H29F3N2O2/c30-24-8-4-21(5-9-24)27(22-6-10-25(31)11-7-22)33-14-16-34(17-15-33)28(35)29(12-18-36-19-13-29)23-2-1-3-26(32)20-23/h1-11,20,27H,12-19H2. The highest BCUT2D eigenvalue weighted by atomic mass is 19.1. The first-order valence-corrected chi connectivity index (χ1v) is 12.3. The Morgan fingerprint density at radius 3 is 1.83 bits per heavy atom. The molecular weight excluding hydrogens is 465 g/mol. The summed E-state index contributed by atoms with van der Waals surface area (Å²) in [5.74, 6) is -0.967. The van der Waals surface area contributed by atoms with Gasteiger partial charge in [0.2, 0.25) is 5.91 Å². The van der Waals surface area contributed by atoms with E-state index in [9.17, 15) is 18.0 Å². The number of carbonyl (C=O) groups excluding carboxylic acids is 1. The average Bonchev–Trinajstić information content (AvgIpc) is 2.91. The zero-order chi connectivity index (χ0) is 25.1. The van der Waals surface area contributed by atoms with Gasteiger partial charge >= 0.3 is 0 Å². The molecule has 0 spiro atoms. The first kappa shape index (κ1) is 24.5. The van der Waals surface area contributed by atoms with Gasteiger partial charge in [-0.25, -0.2) is 13.2 Å². The SMILES string of the molecule is O=C(N1CCN(C(c2ccc(F)cc2)c2ccc(F)cc2)CC1)C1(c2cccc(F)c2)CCOCC1. The molecule has 2 aliphatic rings. The highest BCUT2D eigenvalue weighted by Crippen LogP contribution is 2.38. The second kappa shape index (κ2) is 10.4. The molecule has 3 aromatic rings. The molecule has 0 atom stereocenters. The predicted octanol–water partition coefficient (Wildman–Crippen LogP) is 5.09. The van der Waals surface area contributed by atoms with Crippen LogP contribution in [0.2, 0.25) is 0 Å². The van der Waals surface area contributed by atoms with Crippen LogP contribution in [0.3, 0.4) is 0 Å². The lowest BCUT2D eigenvalue weighted by molar-refractivity contribution is -0.143. The number of hydrogen-bond acceptors (Lipinski definition) is 3. The number of carbonyl (C=O) groups is 1. The fourth-order valence-electron chi connectivity index (χ4n) is 5.52. The van der Waals surface area contributed by atoms with Crippen molar-refractivity contribution >= 4 is 5.91 Å². The van der Waals surface area contributed by atoms with E-state index in [0.29, 0.717) is 57.8 Å². The number of ether oxygens (including phenoxy) is 1. The second-order valence-corrected chi connectivity index (χ2v) is 9.54. The number of nitrogens with zero attached hydrogens (tertiary/aromatic N) is 2. The lowest BCUT2D eigenvalue weighted by atomic mass is 9.72. The monoisotopic (exact) mass is 494 g/mol. The Balaban J connectivity index is 1.38. The Kier molecular flexibility index (Phi) is 7.12. The van der Waals surface area contributed by atoms with Crippen LogP contribution >= 0.6 is 0 Å².